The van der Waals surface area contributed by atoms with Gasteiger partial charge in [-0.3, -0.25) is 9.69 Å². The fourth-order valence-electron chi connectivity index (χ4n) is 3.29. The molecule has 1 amide bonds. The van der Waals surface area contributed by atoms with Crippen molar-refractivity contribution in [2.75, 3.05) is 44.7 Å². The zero-order valence-electron chi connectivity index (χ0n) is 19.3. The molecule has 0 radical (unpaired) electrons. The summed E-state index contributed by atoms with van der Waals surface area (Å²) < 4.78 is 5.48. The monoisotopic (exact) mass is 417 g/mol. The molecule has 1 atom stereocenters. The molecule has 1 aromatic carbocycles. The van der Waals surface area contributed by atoms with Gasteiger partial charge in [-0.15, -0.1) is 0 Å². The van der Waals surface area contributed by atoms with Crippen LogP contribution in [0, 0.1) is 5.92 Å². The highest BCUT2D eigenvalue weighted by molar-refractivity contribution is 5.92. The number of carbonyl (C=O) groups is 1. The number of ether oxygens (including phenoxy) is 1. The number of rotatable bonds is 9. The molecule has 1 saturated heterocycles. The van der Waals surface area contributed by atoms with Crippen LogP contribution in [0.1, 0.15) is 46.6 Å². The van der Waals surface area contributed by atoms with E-state index in [-0.39, 0.29) is 17.4 Å². The maximum Gasteiger partial charge on any atom is 0.227 e. The molecule has 1 heterocycles. The summed E-state index contributed by atoms with van der Waals surface area (Å²) in [7, 11) is 0. The summed E-state index contributed by atoms with van der Waals surface area (Å²) in [6.07, 6.45) is 0.828. The van der Waals surface area contributed by atoms with Crippen molar-refractivity contribution in [1.82, 2.24) is 15.5 Å². The quantitative estimate of drug-likeness (QED) is 0.425. The fourth-order valence-corrected chi connectivity index (χ4v) is 3.29. The standard InChI is InChI=1S/C23H39N5O2/c1-6-18(3)21(29)27-20-10-8-9-19(15-20)16-25-22(24-7-2)26-17-23(4,5)28-11-13-30-14-12-28/h8-10,15,18H,6-7,11-14,16-17H2,1-5H3,(H,27,29)(H2,24,25,26). The van der Waals surface area contributed by atoms with E-state index in [0.717, 1.165) is 63.0 Å². The summed E-state index contributed by atoms with van der Waals surface area (Å²) in [6.45, 7) is 16.2. The van der Waals surface area contributed by atoms with Crippen molar-refractivity contribution < 1.29 is 9.53 Å². The van der Waals surface area contributed by atoms with Crippen LogP contribution in [-0.2, 0) is 16.1 Å². The first-order valence-electron chi connectivity index (χ1n) is 11.1. The Kier molecular flexibility index (Phi) is 9.59. The Hall–Kier alpha value is -2.12. The average molecular weight is 418 g/mol. The first kappa shape index (κ1) is 24.2. The largest absolute Gasteiger partial charge is 0.379 e. The second-order valence-corrected chi connectivity index (χ2v) is 8.46. The van der Waals surface area contributed by atoms with Gasteiger partial charge >= 0.3 is 0 Å². The van der Waals surface area contributed by atoms with Crippen molar-refractivity contribution >= 4 is 17.6 Å². The molecular formula is C23H39N5O2. The van der Waals surface area contributed by atoms with Crippen LogP contribution >= 0.6 is 0 Å². The molecule has 0 aliphatic carbocycles. The number of aliphatic imine (C=N–C) groups is 1. The zero-order chi connectivity index (χ0) is 22.0. The summed E-state index contributed by atoms with van der Waals surface area (Å²) in [6, 6.07) is 7.90. The molecule has 1 aliphatic rings. The van der Waals surface area contributed by atoms with Crippen LogP contribution in [-0.4, -0.2) is 61.7 Å². The van der Waals surface area contributed by atoms with Gasteiger partial charge in [-0.05, 0) is 44.9 Å². The van der Waals surface area contributed by atoms with Gasteiger partial charge in [0.15, 0.2) is 5.96 Å². The van der Waals surface area contributed by atoms with E-state index in [9.17, 15) is 4.79 Å². The van der Waals surface area contributed by atoms with Gasteiger partial charge in [-0.2, -0.15) is 0 Å². The molecule has 0 bridgehead atoms. The van der Waals surface area contributed by atoms with Crippen LogP contribution in [0.2, 0.25) is 0 Å². The highest BCUT2D eigenvalue weighted by Gasteiger charge is 2.28. The van der Waals surface area contributed by atoms with Crippen molar-refractivity contribution in [2.24, 2.45) is 10.9 Å². The van der Waals surface area contributed by atoms with Gasteiger partial charge in [0.05, 0.1) is 19.8 Å². The molecule has 1 aliphatic heterocycles. The molecule has 1 fully saturated rings. The van der Waals surface area contributed by atoms with Crippen LogP contribution in [0.4, 0.5) is 5.69 Å². The third-order valence-electron chi connectivity index (χ3n) is 5.57. The number of carbonyl (C=O) groups excluding carboxylic acids is 1. The van der Waals surface area contributed by atoms with Gasteiger partial charge in [0.25, 0.3) is 0 Å². The van der Waals surface area contributed by atoms with Crippen molar-refractivity contribution in [3.8, 4) is 0 Å². The van der Waals surface area contributed by atoms with Crippen molar-refractivity contribution in [1.29, 1.82) is 0 Å². The maximum absolute atomic E-state index is 12.1. The number of anilines is 1. The lowest BCUT2D eigenvalue weighted by Crippen LogP contribution is -2.56. The summed E-state index contributed by atoms with van der Waals surface area (Å²) in [5.41, 5.74) is 1.89. The smallest absolute Gasteiger partial charge is 0.227 e. The lowest BCUT2D eigenvalue weighted by atomic mass is 10.0. The fraction of sp³-hybridized carbons (Fsp3) is 0.652. The SMILES string of the molecule is CCNC(=NCc1cccc(NC(=O)C(C)CC)c1)NCC(C)(C)N1CCOCC1. The molecule has 7 nitrogen and oxygen atoms in total. The van der Waals surface area contributed by atoms with Gasteiger partial charge in [-0.1, -0.05) is 26.0 Å². The third kappa shape index (κ3) is 7.61. The lowest BCUT2D eigenvalue weighted by molar-refractivity contribution is -0.119. The number of nitrogens with one attached hydrogen (secondary N) is 3. The molecule has 1 aromatic rings. The number of benzene rings is 1. The maximum atomic E-state index is 12.1. The zero-order valence-corrected chi connectivity index (χ0v) is 19.3. The van der Waals surface area contributed by atoms with E-state index in [2.05, 4.69) is 41.6 Å². The summed E-state index contributed by atoms with van der Waals surface area (Å²) in [5, 5.41) is 9.80. The van der Waals surface area contributed by atoms with Gasteiger partial charge in [0.1, 0.15) is 0 Å². The molecule has 30 heavy (non-hydrogen) atoms. The Labute approximate surface area is 181 Å². The first-order valence-corrected chi connectivity index (χ1v) is 11.1. The minimum atomic E-state index is 0.00561. The summed E-state index contributed by atoms with van der Waals surface area (Å²) >= 11 is 0. The Morgan fingerprint density at radius 1 is 1.23 bits per heavy atom. The van der Waals surface area contributed by atoms with Crippen LogP contribution in [0.3, 0.4) is 0 Å². The van der Waals surface area contributed by atoms with Crippen LogP contribution < -0.4 is 16.0 Å². The molecule has 3 N–H and O–H groups in total. The predicted molar refractivity (Wildman–Crippen MR) is 124 cm³/mol. The second kappa shape index (κ2) is 11.9. The van der Waals surface area contributed by atoms with E-state index in [4.69, 9.17) is 9.73 Å². The van der Waals surface area contributed by atoms with E-state index >= 15 is 0 Å². The molecular weight excluding hydrogens is 378 g/mol. The van der Waals surface area contributed by atoms with Crippen molar-refractivity contribution in [3.05, 3.63) is 29.8 Å². The summed E-state index contributed by atoms with van der Waals surface area (Å²) in [5.74, 6) is 0.859. The van der Waals surface area contributed by atoms with Gasteiger partial charge in [-0.25, -0.2) is 4.99 Å². The van der Waals surface area contributed by atoms with E-state index in [1.807, 2.05) is 38.1 Å². The number of amides is 1. The molecule has 1 unspecified atom stereocenters. The number of nitrogens with zero attached hydrogens (tertiary/aromatic N) is 2. The minimum absolute atomic E-state index is 0.00561. The third-order valence-corrected chi connectivity index (χ3v) is 5.57. The van der Waals surface area contributed by atoms with E-state index in [0.29, 0.717) is 6.54 Å². The normalized spacial score (nSPS) is 16.8. The van der Waals surface area contributed by atoms with Crippen LogP contribution in [0.15, 0.2) is 29.3 Å². The minimum Gasteiger partial charge on any atom is -0.379 e. The Morgan fingerprint density at radius 2 is 1.97 bits per heavy atom. The van der Waals surface area contributed by atoms with Crippen LogP contribution in [0.25, 0.3) is 0 Å². The molecule has 0 saturated carbocycles. The molecule has 7 heteroatoms. The van der Waals surface area contributed by atoms with Gasteiger partial charge in [0, 0.05) is 43.3 Å². The number of guanidine groups is 1. The Bertz CT molecular complexity index is 699. The highest BCUT2D eigenvalue weighted by atomic mass is 16.5. The van der Waals surface area contributed by atoms with Crippen LogP contribution in [0.5, 0.6) is 0 Å². The topological polar surface area (TPSA) is 78.0 Å². The Balaban J connectivity index is 1.96. The van der Waals surface area contributed by atoms with E-state index < -0.39 is 0 Å². The predicted octanol–water partition coefficient (Wildman–Crippen LogP) is 2.84. The van der Waals surface area contributed by atoms with Crippen molar-refractivity contribution in [2.45, 2.75) is 53.1 Å². The summed E-state index contributed by atoms with van der Waals surface area (Å²) in [4.78, 5) is 19.3. The lowest BCUT2D eigenvalue weighted by Gasteiger charge is -2.41. The Morgan fingerprint density at radius 3 is 2.63 bits per heavy atom. The highest BCUT2D eigenvalue weighted by Crippen LogP contribution is 2.16. The molecule has 168 valence electrons. The van der Waals surface area contributed by atoms with E-state index in [1.165, 1.54) is 0 Å². The molecule has 2 rings (SSSR count). The van der Waals surface area contributed by atoms with E-state index in [1.54, 1.807) is 0 Å². The second-order valence-electron chi connectivity index (χ2n) is 8.46. The van der Waals surface area contributed by atoms with Gasteiger partial charge < -0.3 is 20.7 Å². The number of morpholine rings is 1. The first-order chi connectivity index (χ1) is 14.4. The molecule has 0 aromatic heterocycles. The number of hydrogen-bond acceptors (Lipinski definition) is 4. The number of hydrogen-bond donors (Lipinski definition) is 3. The molecule has 0 spiro atoms. The van der Waals surface area contributed by atoms with Crippen molar-refractivity contribution in [3.63, 3.8) is 0 Å². The van der Waals surface area contributed by atoms with Gasteiger partial charge in [0.2, 0.25) is 5.91 Å². The average Bonchev–Trinajstić information content (AvgIpc) is 2.76.